The predicted octanol–water partition coefficient (Wildman–Crippen LogP) is 1.43. The Morgan fingerprint density at radius 2 is 2.25 bits per heavy atom. The van der Waals surface area contributed by atoms with Crippen molar-refractivity contribution in [3.8, 4) is 0 Å². The predicted molar refractivity (Wildman–Crippen MR) is 76.3 cm³/mol. The highest BCUT2D eigenvalue weighted by molar-refractivity contribution is 7.89. The lowest BCUT2D eigenvalue weighted by Gasteiger charge is -2.15. The molecule has 2 aromatic heterocycles. The van der Waals surface area contributed by atoms with Gasteiger partial charge in [0.05, 0.1) is 0 Å². The van der Waals surface area contributed by atoms with Gasteiger partial charge < -0.3 is 5.11 Å². The molecule has 0 amide bonds. The van der Waals surface area contributed by atoms with Crippen LogP contribution in [0, 0.1) is 0 Å². The van der Waals surface area contributed by atoms with Gasteiger partial charge in [0.15, 0.2) is 10.2 Å². The highest BCUT2D eigenvalue weighted by Gasteiger charge is 2.26. The van der Waals surface area contributed by atoms with Gasteiger partial charge in [-0.2, -0.15) is 0 Å². The average molecular weight is 318 g/mol. The van der Waals surface area contributed by atoms with Crippen LogP contribution in [0.5, 0.6) is 0 Å². The molecule has 0 bridgehead atoms. The van der Waals surface area contributed by atoms with Gasteiger partial charge in [-0.05, 0) is 25.0 Å². The Balaban J connectivity index is 2.44. The number of aromatic nitrogens is 2. The molecule has 0 aliphatic rings. The molecule has 0 saturated carbocycles. The Hall–Kier alpha value is -1.15. The fourth-order valence-corrected chi connectivity index (χ4v) is 3.96. The third-order valence-corrected chi connectivity index (χ3v) is 4.91. The van der Waals surface area contributed by atoms with Crippen molar-refractivity contribution >= 4 is 27.3 Å². The summed E-state index contributed by atoms with van der Waals surface area (Å²) in [5, 5.41) is 8.80. The largest absolute Gasteiger partial charge is 0.396 e. The highest BCUT2D eigenvalue weighted by atomic mass is 35.5. The molecule has 2 rings (SSSR count). The van der Waals surface area contributed by atoms with Crippen LogP contribution in [0.25, 0.3) is 5.65 Å². The SMILES string of the molecule is CCC(CCO)NS(=O)(=O)c1c(Cl)nc2ccccn12. The molecule has 0 aliphatic heterocycles. The van der Waals surface area contributed by atoms with E-state index in [2.05, 4.69) is 9.71 Å². The standard InChI is InChI=1S/C12H16ClN3O3S/c1-2-9(6-8-17)15-20(18,19)12-11(13)14-10-5-3-4-7-16(10)12/h3-5,7,9,15,17H,2,6,8H2,1H3. The van der Waals surface area contributed by atoms with E-state index >= 15 is 0 Å². The van der Waals surface area contributed by atoms with Crippen molar-refractivity contribution in [2.24, 2.45) is 0 Å². The van der Waals surface area contributed by atoms with E-state index in [0.717, 1.165) is 0 Å². The second kappa shape index (κ2) is 6.09. The van der Waals surface area contributed by atoms with E-state index in [-0.39, 0.29) is 22.8 Å². The first-order valence-corrected chi connectivity index (χ1v) is 8.11. The van der Waals surface area contributed by atoms with Crippen molar-refractivity contribution < 1.29 is 13.5 Å². The van der Waals surface area contributed by atoms with E-state index in [0.29, 0.717) is 18.5 Å². The van der Waals surface area contributed by atoms with E-state index in [9.17, 15) is 8.42 Å². The first kappa shape index (κ1) is 15.2. The number of nitrogens with zero attached hydrogens (tertiary/aromatic N) is 2. The van der Waals surface area contributed by atoms with Crippen LogP contribution in [0.1, 0.15) is 19.8 Å². The summed E-state index contributed by atoms with van der Waals surface area (Å²) in [4.78, 5) is 4.02. The number of nitrogens with one attached hydrogen (secondary N) is 1. The van der Waals surface area contributed by atoms with Crippen molar-refractivity contribution in [3.63, 3.8) is 0 Å². The Bertz CT molecular complexity index is 699. The normalized spacial score (nSPS) is 13.8. The van der Waals surface area contributed by atoms with Gasteiger partial charge in [0.2, 0.25) is 0 Å². The maximum absolute atomic E-state index is 12.4. The lowest BCUT2D eigenvalue weighted by atomic mass is 10.2. The average Bonchev–Trinajstić information content (AvgIpc) is 2.74. The zero-order chi connectivity index (χ0) is 14.8. The van der Waals surface area contributed by atoms with Crippen molar-refractivity contribution in [2.75, 3.05) is 6.61 Å². The number of rotatable bonds is 6. The van der Waals surface area contributed by atoms with E-state index < -0.39 is 10.0 Å². The summed E-state index contributed by atoms with van der Waals surface area (Å²) in [5.41, 5.74) is 0.466. The zero-order valence-electron chi connectivity index (χ0n) is 11.0. The van der Waals surface area contributed by atoms with Crippen molar-refractivity contribution in [1.29, 1.82) is 0 Å². The summed E-state index contributed by atoms with van der Waals surface area (Å²) in [6.07, 6.45) is 2.52. The lowest BCUT2D eigenvalue weighted by Crippen LogP contribution is -2.35. The smallest absolute Gasteiger partial charge is 0.260 e. The molecule has 1 unspecified atom stereocenters. The second-order valence-corrected chi connectivity index (χ2v) is 6.36. The van der Waals surface area contributed by atoms with Gasteiger partial charge in [0, 0.05) is 18.8 Å². The maximum atomic E-state index is 12.4. The second-order valence-electron chi connectivity index (χ2n) is 4.38. The van der Waals surface area contributed by atoms with Gasteiger partial charge in [-0.25, -0.2) is 18.1 Å². The third kappa shape index (κ3) is 2.95. The fourth-order valence-electron chi connectivity index (χ4n) is 1.96. The number of hydrogen-bond donors (Lipinski definition) is 2. The van der Waals surface area contributed by atoms with Crippen molar-refractivity contribution in [3.05, 3.63) is 29.5 Å². The number of fused-ring (bicyclic) bond motifs is 1. The third-order valence-electron chi connectivity index (χ3n) is 2.99. The van der Waals surface area contributed by atoms with Crippen LogP contribution < -0.4 is 4.72 Å². The summed E-state index contributed by atoms with van der Waals surface area (Å²) in [6, 6.07) is 4.80. The monoisotopic (exact) mass is 317 g/mol. The molecular formula is C12H16ClN3O3S. The Morgan fingerprint density at radius 1 is 1.50 bits per heavy atom. The quantitative estimate of drug-likeness (QED) is 0.844. The number of sulfonamides is 1. The molecule has 0 radical (unpaired) electrons. The lowest BCUT2D eigenvalue weighted by molar-refractivity contribution is 0.270. The first-order chi connectivity index (χ1) is 9.49. The van der Waals surface area contributed by atoms with Gasteiger partial charge in [0.25, 0.3) is 10.0 Å². The van der Waals surface area contributed by atoms with E-state index in [4.69, 9.17) is 16.7 Å². The molecule has 20 heavy (non-hydrogen) atoms. The van der Waals surface area contributed by atoms with Gasteiger partial charge >= 0.3 is 0 Å². The first-order valence-electron chi connectivity index (χ1n) is 6.25. The van der Waals surface area contributed by atoms with E-state index in [1.54, 1.807) is 24.4 Å². The van der Waals surface area contributed by atoms with E-state index in [1.165, 1.54) is 4.40 Å². The van der Waals surface area contributed by atoms with Crippen LogP contribution in [0.3, 0.4) is 0 Å². The molecule has 2 N–H and O–H groups in total. The number of imidazole rings is 1. The topological polar surface area (TPSA) is 83.7 Å². The number of hydrogen-bond acceptors (Lipinski definition) is 4. The van der Waals surface area contributed by atoms with Crippen molar-refractivity contribution in [1.82, 2.24) is 14.1 Å². The highest BCUT2D eigenvalue weighted by Crippen LogP contribution is 2.22. The maximum Gasteiger partial charge on any atom is 0.260 e. The summed E-state index contributed by atoms with van der Waals surface area (Å²) in [5.74, 6) is 0. The molecule has 110 valence electrons. The molecule has 0 aromatic carbocycles. The molecule has 1 atom stereocenters. The summed E-state index contributed by atoms with van der Waals surface area (Å²) in [7, 11) is -3.80. The molecule has 0 spiro atoms. The van der Waals surface area contributed by atoms with Gasteiger partial charge in [-0.15, -0.1) is 0 Å². The molecule has 2 heterocycles. The van der Waals surface area contributed by atoms with Gasteiger partial charge in [0.1, 0.15) is 5.65 Å². The summed E-state index contributed by atoms with van der Waals surface area (Å²) >= 11 is 5.96. The van der Waals surface area contributed by atoms with Gasteiger partial charge in [-0.3, -0.25) is 4.40 Å². The molecule has 0 fully saturated rings. The molecule has 0 aliphatic carbocycles. The molecule has 0 saturated heterocycles. The fraction of sp³-hybridized carbons (Fsp3) is 0.417. The Labute approximate surface area is 122 Å². The summed E-state index contributed by atoms with van der Waals surface area (Å²) < 4.78 is 28.8. The minimum absolute atomic E-state index is 0.0671. The minimum Gasteiger partial charge on any atom is -0.396 e. The van der Waals surface area contributed by atoms with Crippen LogP contribution >= 0.6 is 11.6 Å². The Kier molecular flexibility index (Phi) is 4.64. The van der Waals surface area contributed by atoms with E-state index in [1.807, 2.05) is 6.92 Å². The summed E-state index contributed by atoms with van der Waals surface area (Å²) in [6.45, 7) is 1.76. The Morgan fingerprint density at radius 3 is 2.90 bits per heavy atom. The van der Waals surface area contributed by atoms with Crippen LogP contribution in [-0.4, -0.2) is 35.6 Å². The van der Waals surface area contributed by atoms with Crippen LogP contribution in [-0.2, 0) is 10.0 Å². The number of pyridine rings is 1. The molecule has 8 heteroatoms. The number of aliphatic hydroxyl groups excluding tert-OH is 1. The number of aliphatic hydroxyl groups is 1. The van der Waals surface area contributed by atoms with Crippen LogP contribution in [0.2, 0.25) is 5.15 Å². The molecule has 2 aromatic rings. The molecule has 6 nitrogen and oxygen atoms in total. The van der Waals surface area contributed by atoms with Crippen LogP contribution in [0.4, 0.5) is 0 Å². The number of halogens is 1. The van der Waals surface area contributed by atoms with Crippen LogP contribution in [0.15, 0.2) is 29.4 Å². The zero-order valence-corrected chi connectivity index (χ0v) is 12.5. The molecular weight excluding hydrogens is 302 g/mol. The van der Waals surface area contributed by atoms with Gasteiger partial charge in [-0.1, -0.05) is 24.6 Å². The van der Waals surface area contributed by atoms with Crippen molar-refractivity contribution in [2.45, 2.75) is 30.8 Å². The minimum atomic E-state index is -3.80.